The Labute approximate surface area is 168 Å². The van der Waals surface area contributed by atoms with Crippen molar-refractivity contribution in [2.24, 2.45) is 0 Å². The molecule has 0 spiro atoms. The van der Waals surface area contributed by atoms with Crippen molar-refractivity contribution in [2.75, 3.05) is 14.2 Å². The summed E-state index contributed by atoms with van der Waals surface area (Å²) in [7, 11) is 3.30. The molecule has 1 N–H and O–H groups in total. The van der Waals surface area contributed by atoms with E-state index in [1.165, 1.54) is 5.39 Å². The highest BCUT2D eigenvalue weighted by Crippen LogP contribution is 2.40. The van der Waals surface area contributed by atoms with E-state index in [4.69, 9.17) is 14.5 Å². The number of aromatic nitrogens is 2. The van der Waals surface area contributed by atoms with Gasteiger partial charge in [0, 0.05) is 33.6 Å². The molecule has 3 aromatic carbocycles. The van der Waals surface area contributed by atoms with Gasteiger partial charge in [0.05, 0.1) is 25.4 Å². The molecule has 142 valence electrons. The molecule has 2 aromatic heterocycles. The van der Waals surface area contributed by atoms with Crippen LogP contribution in [0.3, 0.4) is 0 Å². The number of hydrogen-bond donors (Lipinski definition) is 1. The van der Waals surface area contributed by atoms with E-state index in [2.05, 4.69) is 35.3 Å². The zero-order chi connectivity index (χ0) is 19.8. The van der Waals surface area contributed by atoms with Gasteiger partial charge in [0.25, 0.3) is 0 Å². The number of fused-ring (bicyclic) bond motifs is 3. The maximum absolute atomic E-state index is 5.52. The van der Waals surface area contributed by atoms with Crippen LogP contribution in [0.1, 0.15) is 0 Å². The molecule has 0 amide bonds. The van der Waals surface area contributed by atoms with Gasteiger partial charge >= 0.3 is 0 Å². The van der Waals surface area contributed by atoms with E-state index >= 15 is 0 Å². The molecule has 2 heterocycles. The van der Waals surface area contributed by atoms with Crippen molar-refractivity contribution in [3.05, 3.63) is 79.0 Å². The highest BCUT2D eigenvalue weighted by atomic mass is 16.5. The maximum atomic E-state index is 5.52. The van der Waals surface area contributed by atoms with Crippen LogP contribution in [-0.2, 0) is 0 Å². The Morgan fingerprint density at radius 2 is 1.52 bits per heavy atom. The zero-order valence-electron chi connectivity index (χ0n) is 16.3. The maximum Gasteiger partial charge on any atom is 0.161 e. The number of H-pyrrole nitrogens is 1. The van der Waals surface area contributed by atoms with Gasteiger partial charge in [-0.2, -0.15) is 0 Å². The quantitative estimate of drug-likeness (QED) is 0.412. The molecule has 5 rings (SSSR count). The number of aromatic amines is 1. The van der Waals surface area contributed by atoms with Gasteiger partial charge < -0.3 is 14.5 Å². The van der Waals surface area contributed by atoms with Crippen molar-refractivity contribution in [3.63, 3.8) is 0 Å². The number of pyridine rings is 1. The number of rotatable bonds is 4. The molecule has 0 aliphatic heterocycles. The van der Waals surface area contributed by atoms with E-state index < -0.39 is 0 Å². The van der Waals surface area contributed by atoms with E-state index in [9.17, 15) is 0 Å². The van der Waals surface area contributed by atoms with Gasteiger partial charge in [-0.3, -0.25) is 4.98 Å². The molecule has 29 heavy (non-hydrogen) atoms. The first kappa shape index (κ1) is 17.3. The minimum atomic E-state index is 0.699. The van der Waals surface area contributed by atoms with Gasteiger partial charge in [-0.25, -0.2) is 0 Å². The molecule has 0 fully saturated rings. The number of hydrogen-bond acceptors (Lipinski definition) is 3. The second-order valence-corrected chi connectivity index (χ2v) is 6.88. The van der Waals surface area contributed by atoms with Crippen molar-refractivity contribution in [2.45, 2.75) is 0 Å². The van der Waals surface area contributed by atoms with E-state index in [0.29, 0.717) is 11.5 Å². The summed E-state index contributed by atoms with van der Waals surface area (Å²) < 4.78 is 10.9. The molecule has 0 bridgehead atoms. The molecule has 4 nitrogen and oxygen atoms in total. The lowest BCUT2D eigenvalue weighted by molar-refractivity contribution is 0.355. The highest BCUT2D eigenvalue weighted by molar-refractivity contribution is 6.17. The minimum Gasteiger partial charge on any atom is -0.493 e. The summed E-state index contributed by atoms with van der Waals surface area (Å²) in [5.74, 6) is 1.41. The van der Waals surface area contributed by atoms with Gasteiger partial charge in [-0.05, 0) is 23.8 Å². The van der Waals surface area contributed by atoms with Gasteiger partial charge in [-0.1, -0.05) is 54.6 Å². The Morgan fingerprint density at radius 1 is 0.759 bits per heavy atom. The summed E-state index contributed by atoms with van der Waals surface area (Å²) in [6, 6.07) is 24.6. The summed E-state index contributed by atoms with van der Waals surface area (Å²) in [6.07, 6.45) is 1.95. The van der Waals surface area contributed by atoms with E-state index in [0.717, 1.165) is 38.8 Å². The van der Waals surface area contributed by atoms with Crippen LogP contribution in [0.15, 0.2) is 79.0 Å². The van der Waals surface area contributed by atoms with E-state index in [1.54, 1.807) is 14.2 Å². The average molecular weight is 380 g/mol. The van der Waals surface area contributed by atoms with Crippen LogP contribution in [0, 0.1) is 0 Å². The Kier molecular flexibility index (Phi) is 4.17. The van der Waals surface area contributed by atoms with Crippen LogP contribution < -0.4 is 9.47 Å². The highest BCUT2D eigenvalue weighted by Gasteiger charge is 2.17. The monoisotopic (exact) mass is 380 g/mol. The van der Waals surface area contributed by atoms with E-state index in [1.807, 2.05) is 48.7 Å². The smallest absolute Gasteiger partial charge is 0.161 e. The van der Waals surface area contributed by atoms with Gasteiger partial charge in [0.15, 0.2) is 11.5 Å². The second-order valence-electron chi connectivity index (χ2n) is 6.88. The average Bonchev–Trinajstić information content (AvgIpc) is 3.18. The first-order valence-corrected chi connectivity index (χ1v) is 9.47. The molecule has 0 aliphatic carbocycles. The Hall–Kier alpha value is -3.79. The van der Waals surface area contributed by atoms with Gasteiger partial charge in [0.1, 0.15) is 0 Å². The standard InChI is InChI=1S/C25H20N2O2/c1-28-21-13-12-17(14-22(21)29-2)19-15-26-24(16-8-4-3-5-9-16)25-23(19)18-10-6-7-11-20(18)27-25/h3-15,27H,1-2H3. The van der Waals surface area contributed by atoms with Crippen LogP contribution in [0.4, 0.5) is 0 Å². The zero-order valence-corrected chi connectivity index (χ0v) is 16.3. The van der Waals surface area contributed by atoms with Gasteiger partial charge in [-0.15, -0.1) is 0 Å². The second kappa shape index (κ2) is 6.99. The lowest BCUT2D eigenvalue weighted by Gasteiger charge is -2.12. The van der Waals surface area contributed by atoms with Crippen molar-refractivity contribution >= 4 is 21.8 Å². The van der Waals surface area contributed by atoms with Crippen LogP contribution >= 0.6 is 0 Å². The molecule has 4 heteroatoms. The third-order valence-electron chi connectivity index (χ3n) is 5.28. The summed E-state index contributed by atoms with van der Waals surface area (Å²) in [5, 5.41) is 2.33. The predicted octanol–water partition coefficient (Wildman–Crippen LogP) is 6.07. The summed E-state index contributed by atoms with van der Waals surface area (Å²) in [4.78, 5) is 8.43. The molecule has 5 aromatic rings. The lowest BCUT2D eigenvalue weighted by atomic mass is 9.99. The van der Waals surface area contributed by atoms with Crippen molar-refractivity contribution < 1.29 is 9.47 Å². The molecule has 0 unspecified atom stereocenters. The third kappa shape index (κ3) is 2.81. The molecule has 0 radical (unpaired) electrons. The molecule has 0 saturated heterocycles. The SMILES string of the molecule is COc1ccc(-c2cnc(-c3ccccc3)c3[nH]c4ccccc4c23)cc1OC. The summed E-state index contributed by atoms with van der Waals surface area (Å²) in [5.41, 5.74) is 6.24. The lowest BCUT2D eigenvalue weighted by Crippen LogP contribution is -1.92. The van der Waals surface area contributed by atoms with Crippen LogP contribution in [-0.4, -0.2) is 24.2 Å². The number of para-hydroxylation sites is 1. The van der Waals surface area contributed by atoms with E-state index in [-0.39, 0.29) is 0 Å². The Bertz CT molecular complexity index is 1320. The number of ether oxygens (including phenoxy) is 2. The van der Waals surface area contributed by atoms with Gasteiger partial charge in [0.2, 0.25) is 0 Å². The molecule has 0 aliphatic rings. The fraction of sp³-hybridized carbons (Fsp3) is 0.0800. The fourth-order valence-electron chi connectivity index (χ4n) is 3.90. The number of methoxy groups -OCH3 is 2. The van der Waals surface area contributed by atoms with Crippen LogP contribution in [0.2, 0.25) is 0 Å². The largest absolute Gasteiger partial charge is 0.493 e. The van der Waals surface area contributed by atoms with Crippen LogP contribution in [0.25, 0.3) is 44.2 Å². The number of nitrogens with zero attached hydrogens (tertiary/aromatic N) is 1. The number of nitrogens with one attached hydrogen (secondary N) is 1. The topological polar surface area (TPSA) is 47.1 Å². The minimum absolute atomic E-state index is 0.699. The number of benzene rings is 3. The Morgan fingerprint density at radius 3 is 2.31 bits per heavy atom. The fourth-order valence-corrected chi connectivity index (χ4v) is 3.90. The first-order chi connectivity index (χ1) is 14.3. The van der Waals surface area contributed by atoms with Crippen LogP contribution in [0.5, 0.6) is 11.5 Å². The molecule has 0 saturated carbocycles. The Balaban J connectivity index is 1.84. The third-order valence-corrected chi connectivity index (χ3v) is 5.28. The predicted molar refractivity (Wildman–Crippen MR) is 118 cm³/mol. The molecule has 0 atom stereocenters. The first-order valence-electron chi connectivity index (χ1n) is 9.47. The van der Waals surface area contributed by atoms with Crippen molar-refractivity contribution in [3.8, 4) is 33.9 Å². The molecular weight excluding hydrogens is 360 g/mol. The van der Waals surface area contributed by atoms with Crippen molar-refractivity contribution in [1.82, 2.24) is 9.97 Å². The summed E-state index contributed by atoms with van der Waals surface area (Å²) in [6.45, 7) is 0. The normalized spacial score (nSPS) is 11.1. The van der Waals surface area contributed by atoms with Crippen molar-refractivity contribution in [1.29, 1.82) is 0 Å². The molecular formula is C25H20N2O2. The summed E-state index contributed by atoms with van der Waals surface area (Å²) >= 11 is 0.